The quantitative estimate of drug-likeness (QED) is 0.875. The second kappa shape index (κ2) is 6.22. The lowest BCUT2D eigenvalue weighted by Crippen LogP contribution is -2.28. The monoisotopic (exact) mass is 288 g/mol. The lowest BCUT2D eigenvalue weighted by atomic mass is 9.82. The van der Waals surface area contributed by atoms with Crippen LogP contribution in [-0.2, 0) is 11.3 Å². The summed E-state index contributed by atoms with van der Waals surface area (Å²) < 4.78 is 1.91. The summed E-state index contributed by atoms with van der Waals surface area (Å²) in [6, 6.07) is 1.88. The van der Waals surface area contributed by atoms with E-state index >= 15 is 0 Å². The molecule has 0 atom stereocenters. The first-order valence-corrected chi connectivity index (χ1v) is 7.44. The minimum absolute atomic E-state index is 0.134. The predicted molar refractivity (Wildman–Crippen MR) is 77.8 cm³/mol. The summed E-state index contributed by atoms with van der Waals surface area (Å²) in [6.45, 7) is 1.65. The van der Waals surface area contributed by atoms with Gasteiger partial charge in [0.2, 0.25) is 5.78 Å². The molecule has 0 radical (unpaired) electrons. The van der Waals surface area contributed by atoms with Crippen LogP contribution in [0.1, 0.15) is 31.4 Å². The molecular weight excluding hydrogens is 268 g/mol. The van der Waals surface area contributed by atoms with Crippen LogP contribution in [0.4, 0.5) is 0 Å². The highest BCUT2D eigenvalue weighted by Gasteiger charge is 2.25. The normalized spacial score (nSPS) is 22.5. The van der Waals surface area contributed by atoms with Crippen molar-refractivity contribution in [3.8, 4) is 0 Å². The maximum Gasteiger partial charge on any atom is 0.306 e. The molecule has 0 bridgehead atoms. The van der Waals surface area contributed by atoms with Gasteiger partial charge in [0.1, 0.15) is 0 Å². The van der Waals surface area contributed by atoms with Crippen LogP contribution in [0, 0.1) is 11.8 Å². The lowest BCUT2D eigenvalue weighted by Gasteiger charge is -2.26. The third-order valence-corrected chi connectivity index (χ3v) is 4.22. The number of hydrogen-bond donors (Lipinski definition) is 2. The molecule has 0 saturated heterocycles. The second-order valence-corrected chi connectivity index (χ2v) is 5.75. The van der Waals surface area contributed by atoms with E-state index < -0.39 is 5.97 Å². The molecule has 2 aromatic rings. The summed E-state index contributed by atoms with van der Waals surface area (Å²) in [5, 5.41) is 12.4. The summed E-state index contributed by atoms with van der Waals surface area (Å²) in [4.78, 5) is 19.5. The summed E-state index contributed by atoms with van der Waals surface area (Å²) >= 11 is 0. The first-order valence-electron chi connectivity index (χ1n) is 7.44. The maximum absolute atomic E-state index is 10.9. The number of nitrogens with one attached hydrogen (secondary N) is 1. The first-order chi connectivity index (χ1) is 10.2. The zero-order chi connectivity index (χ0) is 14.7. The van der Waals surface area contributed by atoms with E-state index in [0.717, 1.165) is 50.2 Å². The first kappa shape index (κ1) is 14.0. The van der Waals surface area contributed by atoms with E-state index in [1.165, 1.54) is 0 Å². The number of imidazole rings is 1. The Hall–Kier alpha value is -1.95. The van der Waals surface area contributed by atoms with E-state index in [9.17, 15) is 4.79 Å². The van der Waals surface area contributed by atoms with Gasteiger partial charge in [-0.1, -0.05) is 0 Å². The largest absolute Gasteiger partial charge is 0.481 e. The molecule has 6 nitrogen and oxygen atoms in total. The van der Waals surface area contributed by atoms with Crippen molar-refractivity contribution in [1.82, 2.24) is 19.7 Å². The molecule has 1 aliphatic carbocycles. The molecule has 0 spiro atoms. The summed E-state index contributed by atoms with van der Waals surface area (Å²) in [7, 11) is 0. The van der Waals surface area contributed by atoms with E-state index in [4.69, 9.17) is 5.11 Å². The topological polar surface area (TPSA) is 79.5 Å². The van der Waals surface area contributed by atoms with Crippen molar-refractivity contribution in [2.24, 2.45) is 11.8 Å². The Morgan fingerprint density at radius 3 is 2.90 bits per heavy atom. The Morgan fingerprint density at radius 2 is 2.19 bits per heavy atom. The van der Waals surface area contributed by atoms with Crippen molar-refractivity contribution >= 4 is 11.7 Å². The number of carboxylic acid groups (broad SMARTS) is 1. The van der Waals surface area contributed by atoms with Gasteiger partial charge in [0.15, 0.2) is 0 Å². The van der Waals surface area contributed by atoms with Gasteiger partial charge in [0, 0.05) is 25.1 Å². The molecule has 21 heavy (non-hydrogen) atoms. The highest BCUT2D eigenvalue weighted by atomic mass is 16.4. The van der Waals surface area contributed by atoms with Gasteiger partial charge in [-0.2, -0.15) is 0 Å². The Morgan fingerprint density at radius 1 is 1.38 bits per heavy atom. The molecule has 0 amide bonds. The molecule has 112 valence electrons. The average Bonchev–Trinajstić information content (AvgIpc) is 2.90. The standard InChI is InChI=1S/C15H20N4O2/c20-14(21)12-4-2-11(3-5-12)8-16-9-13-10-19-7-1-6-17-15(19)18-13/h1,6-7,10-12,16H,2-5,8-9H2,(H,20,21). The molecule has 0 aliphatic heterocycles. The third kappa shape index (κ3) is 3.39. The molecule has 2 heterocycles. The zero-order valence-electron chi connectivity index (χ0n) is 11.9. The number of carboxylic acids is 1. The number of carbonyl (C=O) groups is 1. The fourth-order valence-corrected chi connectivity index (χ4v) is 2.98. The van der Waals surface area contributed by atoms with Crippen LogP contribution in [0.3, 0.4) is 0 Å². The van der Waals surface area contributed by atoms with Gasteiger partial charge in [-0.25, -0.2) is 9.97 Å². The minimum Gasteiger partial charge on any atom is -0.481 e. The van der Waals surface area contributed by atoms with Crippen LogP contribution in [0.15, 0.2) is 24.7 Å². The summed E-state index contributed by atoms with van der Waals surface area (Å²) in [6.07, 6.45) is 9.26. The molecule has 1 saturated carbocycles. The Balaban J connectivity index is 1.45. The Bertz CT molecular complexity index is 584. The van der Waals surface area contributed by atoms with Gasteiger partial charge < -0.3 is 10.4 Å². The molecular formula is C15H20N4O2. The lowest BCUT2D eigenvalue weighted by molar-refractivity contribution is -0.143. The van der Waals surface area contributed by atoms with Crippen LogP contribution < -0.4 is 5.32 Å². The van der Waals surface area contributed by atoms with Crippen molar-refractivity contribution in [2.75, 3.05) is 6.54 Å². The van der Waals surface area contributed by atoms with Gasteiger partial charge >= 0.3 is 5.97 Å². The van der Waals surface area contributed by atoms with Crippen molar-refractivity contribution in [2.45, 2.75) is 32.2 Å². The van der Waals surface area contributed by atoms with Gasteiger partial charge in [-0.05, 0) is 44.2 Å². The highest BCUT2D eigenvalue weighted by molar-refractivity contribution is 5.69. The molecule has 3 rings (SSSR count). The number of rotatable bonds is 5. The van der Waals surface area contributed by atoms with E-state index in [1.807, 2.05) is 22.9 Å². The summed E-state index contributed by atoms with van der Waals surface area (Å²) in [5.74, 6) is 0.524. The van der Waals surface area contributed by atoms with Crippen LogP contribution in [0.2, 0.25) is 0 Å². The molecule has 2 aromatic heterocycles. The van der Waals surface area contributed by atoms with Gasteiger partial charge in [-0.15, -0.1) is 0 Å². The van der Waals surface area contributed by atoms with Crippen LogP contribution in [0.25, 0.3) is 5.78 Å². The number of hydrogen-bond acceptors (Lipinski definition) is 4. The van der Waals surface area contributed by atoms with Gasteiger partial charge in [0.25, 0.3) is 0 Å². The van der Waals surface area contributed by atoms with Crippen LogP contribution in [-0.4, -0.2) is 32.0 Å². The maximum atomic E-state index is 10.9. The minimum atomic E-state index is -0.640. The fraction of sp³-hybridized carbons (Fsp3) is 0.533. The molecule has 2 N–H and O–H groups in total. The van der Waals surface area contributed by atoms with Crippen LogP contribution >= 0.6 is 0 Å². The number of aliphatic carboxylic acids is 1. The van der Waals surface area contributed by atoms with E-state index in [0.29, 0.717) is 5.92 Å². The SMILES string of the molecule is O=C(O)C1CCC(CNCc2cn3cccnc3n2)CC1. The third-order valence-electron chi connectivity index (χ3n) is 4.22. The van der Waals surface area contributed by atoms with Crippen molar-refractivity contribution in [3.63, 3.8) is 0 Å². The second-order valence-electron chi connectivity index (χ2n) is 5.75. The predicted octanol–water partition coefficient (Wildman–Crippen LogP) is 1.71. The van der Waals surface area contributed by atoms with Crippen molar-refractivity contribution < 1.29 is 9.90 Å². The summed E-state index contributed by atoms with van der Waals surface area (Å²) in [5.41, 5.74) is 0.980. The fourth-order valence-electron chi connectivity index (χ4n) is 2.98. The van der Waals surface area contributed by atoms with E-state index in [2.05, 4.69) is 15.3 Å². The van der Waals surface area contributed by atoms with Gasteiger partial charge in [0.05, 0.1) is 11.6 Å². The molecule has 0 aromatic carbocycles. The Kier molecular flexibility index (Phi) is 4.15. The number of aromatic nitrogens is 3. The van der Waals surface area contributed by atoms with E-state index in [-0.39, 0.29) is 5.92 Å². The smallest absolute Gasteiger partial charge is 0.306 e. The average molecular weight is 288 g/mol. The highest BCUT2D eigenvalue weighted by Crippen LogP contribution is 2.28. The van der Waals surface area contributed by atoms with Crippen molar-refractivity contribution in [1.29, 1.82) is 0 Å². The van der Waals surface area contributed by atoms with Crippen molar-refractivity contribution in [3.05, 3.63) is 30.4 Å². The van der Waals surface area contributed by atoms with E-state index in [1.54, 1.807) is 6.20 Å². The molecule has 6 heteroatoms. The number of fused-ring (bicyclic) bond motifs is 1. The molecule has 0 unspecified atom stereocenters. The van der Waals surface area contributed by atoms with Crippen LogP contribution in [0.5, 0.6) is 0 Å². The Labute approximate surface area is 123 Å². The van der Waals surface area contributed by atoms with Gasteiger partial charge in [-0.3, -0.25) is 9.20 Å². The molecule has 1 aliphatic rings. The zero-order valence-corrected chi connectivity index (χ0v) is 11.9. The number of nitrogens with zero attached hydrogens (tertiary/aromatic N) is 3. The molecule has 1 fully saturated rings.